The van der Waals surface area contributed by atoms with Crippen molar-refractivity contribution < 1.29 is 9.72 Å². The second kappa shape index (κ2) is 6.17. The van der Waals surface area contributed by atoms with E-state index in [1.807, 2.05) is 0 Å². The molecule has 0 saturated carbocycles. The zero-order valence-electron chi connectivity index (χ0n) is 11.3. The number of nitrogens with two attached hydrogens (primary N) is 1. The number of primary amides is 1. The molecule has 1 amide bonds. The lowest BCUT2D eigenvalue weighted by molar-refractivity contribution is -0.384. The highest BCUT2D eigenvalue weighted by Gasteiger charge is 2.17. The molecule has 0 fully saturated rings. The van der Waals surface area contributed by atoms with E-state index in [-0.39, 0.29) is 11.3 Å². The van der Waals surface area contributed by atoms with Crippen LogP contribution in [0.2, 0.25) is 0 Å². The number of nitrogens with zero attached hydrogens (tertiary/aromatic N) is 1. The van der Waals surface area contributed by atoms with Crippen molar-refractivity contribution in [1.82, 2.24) is 0 Å². The Kier molecular flexibility index (Phi) is 4.86. The standard InChI is InChI=1S/C13H19N3O3/c1-8(2)9(3)7-15-11-5-4-10(13(14)17)6-12(11)16(18)19/h4-6,8-9,15H,7H2,1-3H3,(H2,14,17). The smallest absolute Gasteiger partial charge is 0.293 e. The Balaban J connectivity index is 2.94. The molecule has 6 nitrogen and oxygen atoms in total. The maximum absolute atomic E-state index is 11.0. The Bertz CT molecular complexity index is 486. The number of benzene rings is 1. The summed E-state index contributed by atoms with van der Waals surface area (Å²) in [6, 6.07) is 4.20. The largest absolute Gasteiger partial charge is 0.379 e. The number of anilines is 1. The zero-order valence-corrected chi connectivity index (χ0v) is 11.3. The maximum atomic E-state index is 11.0. The highest BCUT2D eigenvalue weighted by Crippen LogP contribution is 2.26. The molecule has 1 atom stereocenters. The fourth-order valence-corrected chi connectivity index (χ4v) is 1.49. The minimum Gasteiger partial charge on any atom is -0.379 e. The normalized spacial score (nSPS) is 12.2. The van der Waals surface area contributed by atoms with Gasteiger partial charge in [0.1, 0.15) is 5.69 Å². The van der Waals surface area contributed by atoms with E-state index >= 15 is 0 Å². The molecular weight excluding hydrogens is 246 g/mol. The van der Waals surface area contributed by atoms with E-state index in [0.29, 0.717) is 24.1 Å². The minimum atomic E-state index is -0.676. The Morgan fingerprint density at radius 2 is 2.05 bits per heavy atom. The number of amides is 1. The van der Waals surface area contributed by atoms with E-state index in [9.17, 15) is 14.9 Å². The van der Waals surface area contributed by atoms with Crippen LogP contribution in [-0.2, 0) is 0 Å². The molecular formula is C13H19N3O3. The quantitative estimate of drug-likeness (QED) is 0.609. The van der Waals surface area contributed by atoms with Crippen molar-refractivity contribution in [2.75, 3.05) is 11.9 Å². The highest BCUT2D eigenvalue weighted by atomic mass is 16.6. The SMILES string of the molecule is CC(C)C(C)CNc1ccc(C(N)=O)cc1[N+](=O)[O-]. The summed E-state index contributed by atoms with van der Waals surface area (Å²) in [5.74, 6) is 0.192. The number of carbonyl (C=O) groups is 1. The molecule has 19 heavy (non-hydrogen) atoms. The van der Waals surface area contributed by atoms with E-state index in [4.69, 9.17) is 5.73 Å². The average molecular weight is 265 g/mol. The van der Waals surface area contributed by atoms with Crippen molar-refractivity contribution in [2.24, 2.45) is 17.6 Å². The summed E-state index contributed by atoms with van der Waals surface area (Å²) in [6.07, 6.45) is 0. The van der Waals surface area contributed by atoms with Crippen LogP contribution >= 0.6 is 0 Å². The molecule has 0 aliphatic rings. The van der Waals surface area contributed by atoms with Crippen LogP contribution in [0.15, 0.2) is 18.2 Å². The maximum Gasteiger partial charge on any atom is 0.293 e. The third kappa shape index (κ3) is 3.94. The van der Waals surface area contributed by atoms with E-state index in [1.165, 1.54) is 18.2 Å². The summed E-state index contributed by atoms with van der Waals surface area (Å²) in [7, 11) is 0. The molecule has 1 aromatic carbocycles. The first-order valence-corrected chi connectivity index (χ1v) is 6.15. The Morgan fingerprint density at radius 3 is 2.53 bits per heavy atom. The number of hydrogen-bond donors (Lipinski definition) is 2. The number of hydrogen-bond acceptors (Lipinski definition) is 4. The number of nitro groups is 1. The van der Waals surface area contributed by atoms with Gasteiger partial charge in [-0.2, -0.15) is 0 Å². The molecule has 0 saturated heterocycles. The molecule has 1 unspecified atom stereocenters. The second-order valence-corrected chi connectivity index (χ2v) is 4.96. The molecule has 1 rings (SSSR count). The van der Waals surface area contributed by atoms with Gasteiger partial charge in [-0.1, -0.05) is 20.8 Å². The summed E-state index contributed by atoms with van der Waals surface area (Å²) < 4.78 is 0. The third-order valence-corrected chi connectivity index (χ3v) is 3.23. The molecule has 0 radical (unpaired) electrons. The molecule has 0 aliphatic heterocycles. The molecule has 0 heterocycles. The third-order valence-electron chi connectivity index (χ3n) is 3.23. The van der Waals surface area contributed by atoms with Crippen molar-refractivity contribution in [3.8, 4) is 0 Å². The zero-order chi connectivity index (χ0) is 14.6. The van der Waals surface area contributed by atoms with Gasteiger partial charge < -0.3 is 11.1 Å². The van der Waals surface area contributed by atoms with Gasteiger partial charge in [0, 0.05) is 18.2 Å². The first kappa shape index (κ1) is 14.9. The lowest BCUT2D eigenvalue weighted by atomic mass is 9.98. The van der Waals surface area contributed by atoms with E-state index in [1.54, 1.807) is 0 Å². The van der Waals surface area contributed by atoms with E-state index < -0.39 is 10.8 Å². The topological polar surface area (TPSA) is 98.3 Å². The summed E-state index contributed by atoms with van der Waals surface area (Å²) >= 11 is 0. The first-order valence-electron chi connectivity index (χ1n) is 6.15. The van der Waals surface area contributed by atoms with Gasteiger partial charge in [-0.05, 0) is 24.0 Å². The van der Waals surface area contributed by atoms with E-state index in [0.717, 1.165) is 0 Å². The van der Waals surface area contributed by atoms with Crippen molar-refractivity contribution in [2.45, 2.75) is 20.8 Å². The lowest BCUT2D eigenvalue weighted by Gasteiger charge is -2.17. The molecule has 1 aromatic rings. The molecule has 3 N–H and O–H groups in total. The minimum absolute atomic E-state index is 0.132. The Morgan fingerprint density at radius 1 is 1.42 bits per heavy atom. The molecule has 0 aromatic heterocycles. The molecule has 6 heteroatoms. The summed E-state index contributed by atoms with van der Waals surface area (Å²) in [5.41, 5.74) is 5.52. The number of rotatable bonds is 6. The number of carbonyl (C=O) groups excluding carboxylic acids is 1. The van der Waals surface area contributed by atoms with Crippen LogP contribution in [0.25, 0.3) is 0 Å². The molecule has 0 bridgehead atoms. The van der Waals surface area contributed by atoms with Gasteiger partial charge in [-0.25, -0.2) is 0 Å². The van der Waals surface area contributed by atoms with Crippen molar-refractivity contribution in [1.29, 1.82) is 0 Å². The lowest BCUT2D eigenvalue weighted by Crippen LogP contribution is -2.17. The van der Waals surface area contributed by atoms with E-state index in [2.05, 4.69) is 26.1 Å². The van der Waals surface area contributed by atoms with Gasteiger partial charge in [0.25, 0.3) is 5.69 Å². The number of nitro benzene ring substituents is 1. The van der Waals surface area contributed by atoms with Crippen LogP contribution < -0.4 is 11.1 Å². The highest BCUT2D eigenvalue weighted by molar-refractivity contribution is 5.94. The summed E-state index contributed by atoms with van der Waals surface area (Å²) in [4.78, 5) is 21.5. The molecule has 0 spiro atoms. The predicted molar refractivity (Wildman–Crippen MR) is 74.1 cm³/mol. The van der Waals surface area contributed by atoms with Gasteiger partial charge in [-0.3, -0.25) is 14.9 Å². The molecule has 0 aliphatic carbocycles. The van der Waals surface area contributed by atoms with Crippen LogP contribution in [0.4, 0.5) is 11.4 Å². The van der Waals surface area contributed by atoms with Crippen LogP contribution in [0.1, 0.15) is 31.1 Å². The predicted octanol–water partition coefficient (Wildman–Crippen LogP) is 2.40. The van der Waals surface area contributed by atoms with Crippen molar-refractivity contribution in [3.63, 3.8) is 0 Å². The summed E-state index contributed by atoms with van der Waals surface area (Å²) in [6.45, 7) is 6.89. The number of nitrogens with one attached hydrogen (secondary N) is 1. The molecule has 104 valence electrons. The van der Waals surface area contributed by atoms with Gasteiger partial charge >= 0.3 is 0 Å². The first-order chi connectivity index (χ1) is 8.82. The van der Waals surface area contributed by atoms with Gasteiger partial charge in [0.2, 0.25) is 5.91 Å². The fourth-order valence-electron chi connectivity index (χ4n) is 1.49. The van der Waals surface area contributed by atoms with Crippen LogP contribution in [0, 0.1) is 22.0 Å². The van der Waals surface area contributed by atoms with Gasteiger partial charge in [0.05, 0.1) is 4.92 Å². The second-order valence-electron chi connectivity index (χ2n) is 4.96. The van der Waals surface area contributed by atoms with Crippen LogP contribution in [0.5, 0.6) is 0 Å². The monoisotopic (exact) mass is 265 g/mol. The van der Waals surface area contributed by atoms with Gasteiger partial charge in [0.15, 0.2) is 0 Å². The Labute approximate surface area is 112 Å². The fraction of sp³-hybridized carbons (Fsp3) is 0.462. The van der Waals surface area contributed by atoms with Crippen LogP contribution in [-0.4, -0.2) is 17.4 Å². The average Bonchev–Trinajstić information content (AvgIpc) is 2.35. The summed E-state index contributed by atoms with van der Waals surface area (Å²) in [5, 5.41) is 14.0. The van der Waals surface area contributed by atoms with Crippen molar-refractivity contribution in [3.05, 3.63) is 33.9 Å². The van der Waals surface area contributed by atoms with Crippen LogP contribution in [0.3, 0.4) is 0 Å². The van der Waals surface area contributed by atoms with Gasteiger partial charge in [-0.15, -0.1) is 0 Å². The Hall–Kier alpha value is -2.11. The van der Waals surface area contributed by atoms with Crippen molar-refractivity contribution >= 4 is 17.3 Å².